The summed E-state index contributed by atoms with van der Waals surface area (Å²) in [7, 11) is 1.36. The number of urea groups is 1. The summed E-state index contributed by atoms with van der Waals surface area (Å²) in [6.07, 6.45) is 1.50. The number of nitriles is 1. The van der Waals surface area contributed by atoms with Crippen LogP contribution in [0.3, 0.4) is 0 Å². The molecule has 0 saturated heterocycles. The van der Waals surface area contributed by atoms with Gasteiger partial charge in [-0.1, -0.05) is 0 Å². The topological polar surface area (TPSA) is 65.4 Å². The summed E-state index contributed by atoms with van der Waals surface area (Å²) in [5.41, 5.74) is 0. The first-order valence-electron chi connectivity index (χ1n) is 2.77. The van der Waals surface area contributed by atoms with Gasteiger partial charge in [0, 0.05) is 6.54 Å². The van der Waals surface area contributed by atoms with Gasteiger partial charge in [-0.3, -0.25) is 4.84 Å². The summed E-state index contributed by atoms with van der Waals surface area (Å²) in [6.45, 7) is 2.14. The SMILES string of the molecule is CCN(OC)C(=O)NC#N. The first kappa shape index (κ1) is 8.72. The van der Waals surface area contributed by atoms with Crippen LogP contribution in [0.25, 0.3) is 0 Å². The molecule has 10 heavy (non-hydrogen) atoms. The van der Waals surface area contributed by atoms with E-state index in [-0.39, 0.29) is 0 Å². The predicted molar refractivity (Wildman–Crippen MR) is 33.5 cm³/mol. The van der Waals surface area contributed by atoms with Gasteiger partial charge in [-0.15, -0.1) is 0 Å². The standard InChI is InChI=1S/C5H9N3O2/c1-3-8(10-2)5(9)7-4-6/h3H2,1-2H3,(H,7,9). The molecule has 2 amide bonds. The van der Waals surface area contributed by atoms with Gasteiger partial charge in [-0.25, -0.2) is 15.2 Å². The molecule has 0 spiro atoms. The first-order chi connectivity index (χ1) is 4.76. The minimum atomic E-state index is -0.549. The van der Waals surface area contributed by atoms with Crippen molar-refractivity contribution in [2.45, 2.75) is 6.92 Å². The second-order valence-electron chi connectivity index (χ2n) is 1.42. The monoisotopic (exact) mass is 143 g/mol. The zero-order chi connectivity index (χ0) is 7.98. The molecule has 5 nitrogen and oxygen atoms in total. The van der Waals surface area contributed by atoms with Crippen molar-refractivity contribution in [1.82, 2.24) is 10.4 Å². The average molecular weight is 143 g/mol. The highest BCUT2D eigenvalue weighted by Gasteiger charge is 2.07. The number of amides is 2. The third kappa shape index (κ3) is 2.33. The van der Waals surface area contributed by atoms with E-state index in [1.165, 1.54) is 13.3 Å². The van der Waals surface area contributed by atoms with E-state index in [1.807, 2.05) is 5.32 Å². The van der Waals surface area contributed by atoms with Gasteiger partial charge in [0.05, 0.1) is 7.11 Å². The Morgan fingerprint density at radius 1 is 1.90 bits per heavy atom. The van der Waals surface area contributed by atoms with Gasteiger partial charge in [-0.05, 0) is 6.92 Å². The van der Waals surface area contributed by atoms with Crippen molar-refractivity contribution in [2.24, 2.45) is 0 Å². The highest BCUT2D eigenvalue weighted by atomic mass is 16.7. The number of hydrogen-bond acceptors (Lipinski definition) is 3. The zero-order valence-electron chi connectivity index (χ0n) is 5.92. The Labute approximate surface area is 59.1 Å². The molecule has 0 aliphatic heterocycles. The smallest absolute Gasteiger partial charge is 0.273 e. The fraction of sp³-hybridized carbons (Fsp3) is 0.600. The van der Waals surface area contributed by atoms with Crippen LogP contribution in [0.4, 0.5) is 4.79 Å². The van der Waals surface area contributed by atoms with Crippen LogP contribution < -0.4 is 5.32 Å². The van der Waals surface area contributed by atoms with Gasteiger partial charge in [-0.2, -0.15) is 5.26 Å². The number of hydrogen-bond donors (Lipinski definition) is 1. The van der Waals surface area contributed by atoms with Crippen LogP contribution in [0.1, 0.15) is 6.92 Å². The molecule has 0 bridgehead atoms. The number of carbonyl (C=O) groups excluding carboxylic acids is 1. The Kier molecular flexibility index (Phi) is 4.00. The van der Waals surface area contributed by atoms with E-state index in [4.69, 9.17) is 5.26 Å². The molecule has 0 aromatic carbocycles. The van der Waals surface area contributed by atoms with Crippen molar-refractivity contribution >= 4 is 6.03 Å². The Balaban J connectivity index is 3.79. The summed E-state index contributed by atoms with van der Waals surface area (Å²) in [6, 6.07) is -0.549. The van der Waals surface area contributed by atoms with E-state index in [9.17, 15) is 4.79 Å². The number of nitrogens with zero attached hydrogens (tertiary/aromatic N) is 2. The lowest BCUT2D eigenvalue weighted by atomic mass is 10.7. The normalized spacial score (nSPS) is 8.10. The minimum absolute atomic E-state index is 0.407. The summed E-state index contributed by atoms with van der Waals surface area (Å²) in [5, 5.41) is 11.0. The van der Waals surface area contributed by atoms with E-state index in [1.54, 1.807) is 6.92 Å². The zero-order valence-corrected chi connectivity index (χ0v) is 5.92. The van der Waals surface area contributed by atoms with Crippen LogP contribution in [0, 0.1) is 11.5 Å². The molecule has 56 valence electrons. The second kappa shape index (κ2) is 4.58. The fourth-order valence-corrected chi connectivity index (χ4v) is 0.466. The van der Waals surface area contributed by atoms with Crippen LogP contribution in [0.15, 0.2) is 0 Å². The maximum atomic E-state index is 10.7. The lowest BCUT2D eigenvalue weighted by Gasteiger charge is -2.14. The molecular formula is C5H9N3O2. The first-order valence-corrected chi connectivity index (χ1v) is 2.77. The molecule has 0 fully saturated rings. The van der Waals surface area contributed by atoms with Crippen LogP contribution in [0.2, 0.25) is 0 Å². The van der Waals surface area contributed by atoms with Gasteiger partial charge in [0.25, 0.3) is 0 Å². The van der Waals surface area contributed by atoms with E-state index >= 15 is 0 Å². The number of nitrogens with one attached hydrogen (secondary N) is 1. The minimum Gasteiger partial charge on any atom is -0.273 e. The highest BCUT2D eigenvalue weighted by molar-refractivity contribution is 5.74. The molecular weight excluding hydrogens is 134 g/mol. The predicted octanol–water partition coefficient (Wildman–Crippen LogP) is 0.0604. The molecule has 0 saturated carbocycles. The van der Waals surface area contributed by atoms with Crippen molar-refractivity contribution in [1.29, 1.82) is 5.26 Å². The number of hydroxylamine groups is 2. The molecule has 0 aromatic rings. The van der Waals surface area contributed by atoms with Crippen molar-refractivity contribution in [3.63, 3.8) is 0 Å². The lowest BCUT2D eigenvalue weighted by molar-refractivity contribution is -0.0811. The Hall–Kier alpha value is -1.28. The molecule has 0 radical (unpaired) electrons. The van der Waals surface area contributed by atoms with Crippen LogP contribution in [-0.4, -0.2) is 24.7 Å². The average Bonchev–Trinajstić information content (AvgIpc) is 1.91. The Bertz CT molecular complexity index is 147. The van der Waals surface area contributed by atoms with E-state index in [0.29, 0.717) is 6.54 Å². The third-order valence-corrected chi connectivity index (χ3v) is 0.897. The van der Waals surface area contributed by atoms with Crippen molar-refractivity contribution in [3.8, 4) is 6.19 Å². The van der Waals surface area contributed by atoms with Crippen LogP contribution in [0.5, 0.6) is 0 Å². The third-order valence-electron chi connectivity index (χ3n) is 0.897. The van der Waals surface area contributed by atoms with Gasteiger partial charge in [0.1, 0.15) is 0 Å². The molecule has 0 heterocycles. The Morgan fingerprint density at radius 2 is 2.50 bits per heavy atom. The van der Waals surface area contributed by atoms with Gasteiger partial charge >= 0.3 is 6.03 Å². The van der Waals surface area contributed by atoms with Gasteiger partial charge < -0.3 is 0 Å². The molecule has 0 rings (SSSR count). The Morgan fingerprint density at radius 3 is 2.80 bits per heavy atom. The quantitative estimate of drug-likeness (QED) is 0.337. The highest BCUT2D eigenvalue weighted by Crippen LogP contribution is 1.86. The maximum Gasteiger partial charge on any atom is 0.354 e. The van der Waals surface area contributed by atoms with Crippen molar-refractivity contribution in [3.05, 3.63) is 0 Å². The maximum absolute atomic E-state index is 10.7. The summed E-state index contributed by atoms with van der Waals surface area (Å²) in [4.78, 5) is 15.3. The number of carbonyl (C=O) groups is 1. The van der Waals surface area contributed by atoms with Crippen molar-refractivity contribution in [2.75, 3.05) is 13.7 Å². The van der Waals surface area contributed by atoms with Crippen LogP contribution in [-0.2, 0) is 4.84 Å². The summed E-state index contributed by atoms with van der Waals surface area (Å²) >= 11 is 0. The molecule has 0 aliphatic rings. The van der Waals surface area contributed by atoms with E-state index in [0.717, 1.165) is 5.06 Å². The largest absolute Gasteiger partial charge is 0.354 e. The van der Waals surface area contributed by atoms with Gasteiger partial charge in [0.2, 0.25) is 0 Å². The molecule has 5 heteroatoms. The molecule has 0 aliphatic carbocycles. The van der Waals surface area contributed by atoms with Crippen molar-refractivity contribution < 1.29 is 9.63 Å². The lowest BCUT2D eigenvalue weighted by Crippen LogP contribution is -2.36. The summed E-state index contributed by atoms with van der Waals surface area (Å²) < 4.78 is 0. The van der Waals surface area contributed by atoms with E-state index in [2.05, 4.69) is 4.84 Å². The van der Waals surface area contributed by atoms with Crippen LogP contribution >= 0.6 is 0 Å². The molecule has 0 atom stereocenters. The molecule has 1 N–H and O–H groups in total. The van der Waals surface area contributed by atoms with E-state index < -0.39 is 6.03 Å². The molecule has 0 aromatic heterocycles. The number of rotatable bonds is 2. The second-order valence-corrected chi connectivity index (χ2v) is 1.42. The fourth-order valence-electron chi connectivity index (χ4n) is 0.466. The molecule has 0 unspecified atom stereocenters. The summed E-state index contributed by atoms with van der Waals surface area (Å²) in [5.74, 6) is 0. The van der Waals surface area contributed by atoms with Gasteiger partial charge in [0.15, 0.2) is 6.19 Å².